The second kappa shape index (κ2) is 14.4. The summed E-state index contributed by atoms with van der Waals surface area (Å²) in [6, 6.07) is 19.9. The van der Waals surface area contributed by atoms with E-state index in [1.807, 2.05) is 18.2 Å². The van der Waals surface area contributed by atoms with Crippen molar-refractivity contribution < 1.29 is 23.7 Å². The smallest absolute Gasteiger partial charge is 0.251 e. The minimum Gasteiger partial charge on any atom is -0.494 e. The molecule has 0 aliphatic rings. The molecule has 0 fully saturated rings. The number of carbonyl (C=O) groups excluding carboxylic acids is 1. The van der Waals surface area contributed by atoms with E-state index >= 15 is 0 Å². The van der Waals surface area contributed by atoms with E-state index in [0.29, 0.717) is 41.9 Å². The van der Waals surface area contributed by atoms with Crippen LogP contribution >= 0.6 is 0 Å². The summed E-state index contributed by atoms with van der Waals surface area (Å²) < 4.78 is 24.4. The largest absolute Gasteiger partial charge is 0.494 e. The number of aromatic nitrogens is 2. The van der Waals surface area contributed by atoms with Crippen LogP contribution in [-0.4, -0.2) is 49.9 Å². The Morgan fingerprint density at radius 2 is 1.61 bits per heavy atom. The third-order valence-corrected chi connectivity index (χ3v) is 7.11. The van der Waals surface area contributed by atoms with E-state index in [0.717, 1.165) is 54.8 Å². The molecule has 0 unspecified atom stereocenters. The Labute approximate surface area is 242 Å². The van der Waals surface area contributed by atoms with E-state index in [2.05, 4.69) is 54.1 Å². The number of nitrogens with one attached hydrogen (secondary N) is 1. The van der Waals surface area contributed by atoms with Gasteiger partial charge in [0.05, 0.1) is 39.0 Å². The van der Waals surface area contributed by atoms with Crippen LogP contribution in [0.15, 0.2) is 60.7 Å². The van der Waals surface area contributed by atoms with Gasteiger partial charge in [0.15, 0.2) is 11.5 Å². The zero-order chi connectivity index (χ0) is 29.2. The number of nitrogens with zero attached hydrogens (tertiary/aromatic N) is 2. The van der Waals surface area contributed by atoms with Gasteiger partial charge in [-0.3, -0.25) is 4.79 Å². The monoisotopic (exact) mass is 559 g/mol. The highest BCUT2D eigenvalue weighted by molar-refractivity contribution is 5.95. The molecule has 4 rings (SSSR count). The Balaban J connectivity index is 1.30. The Bertz CT molecular complexity index is 1400. The molecule has 0 aliphatic heterocycles. The number of fused-ring (bicyclic) bond motifs is 1. The zero-order valence-corrected chi connectivity index (χ0v) is 24.7. The molecule has 8 nitrogen and oxygen atoms in total. The Kier molecular flexibility index (Phi) is 10.5. The molecule has 0 atom stereocenters. The van der Waals surface area contributed by atoms with Crippen molar-refractivity contribution >= 4 is 16.9 Å². The summed E-state index contributed by atoms with van der Waals surface area (Å²) in [7, 11) is 4.60. The van der Waals surface area contributed by atoms with Gasteiger partial charge in [0, 0.05) is 25.1 Å². The summed E-state index contributed by atoms with van der Waals surface area (Å²) in [5.41, 5.74) is 3.89. The molecular formula is C33H41N3O5. The number of methoxy groups -OCH3 is 3. The second-order valence-electron chi connectivity index (χ2n) is 10.2. The molecule has 218 valence electrons. The molecule has 0 saturated heterocycles. The van der Waals surface area contributed by atoms with Crippen LogP contribution in [0.3, 0.4) is 0 Å². The van der Waals surface area contributed by atoms with Gasteiger partial charge < -0.3 is 28.8 Å². The van der Waals surface area contributed by atoms with Gasteiger partial charge in [-0.15, -0.1) is 0 Å². The number of carbonyl (C=O) groups is 1. The number of rotatable bonds is 15. The fourth-order valence-corrected chi connectivity index (χ4v) is 4.84. The number of unbranched alkanes of at least 4 members (excludes halogenated alkanes) is 1. The minimum atomic E-state index is -0.198. The maximum absolute atomic E-state index is 12.9. The van der Waals surface area contributed by atoms with E-state index in [1.54, 1.807) is 12.1 Å². The molecule has 0 saturated carbocycles. The van der Waals surface area contributed by atoms with Crippen molar-refractivity contribution in [2.45, 2.75) is 52.0 Å². The molecule has 0 radical (unpaired) electrons. The minimum absolute atomic E-state index is 0.198. The van der Waals surface area contributed by atoms with Crippen molar-refractivity contribution in [3.63, 3.8) is 0 Å². The van der Waals surface area contributed by atoms with Gasteiger partial charge in [-0.1, -0.05) is 38.1 Å². The average Bonchev–Trinajstić information content (AvgIpc) is 3.35. The fraction of sp³-hybridized carbons (Fsp3) is 0.394. The van der Waals surface area contributed by atoms with Crippen molar-refractivity contribution in [2.24, 2.45) is 0 Å². The summed E-state index contributed by atoms with van der Waals surface area (Å²) in [6.07, 6.45) is 3.44. The lowest BCUT2D eigenvalue weighted by molar-refractivity contribution is 0.0952. The van der Waals surface area contributed by atoms with Gasteiger partial charge in [0.25, 0.3) is 5.91 Å². The van der Waals surface area contributed by atoms with Gasteiger partial charge in [-0.2, -0.15) is 0 Å². The summed E-state index contributed by atoms with van der Waals surface area (Å²) in [5, 5.41) is 3.00. The number of aryl methyl sites for hydroxylation is 2. The normalized spacial score (nSPS) is 11.1. The average molecular weight is 560 g/mol. The van der Waals surface area contributed by atoms with Crippen LogP contribution < -0.4 is 24.3 Å². The lowest BCUT2D eigenvalue weighted by Crippen LogP contribution is -2.25. The van der Waals surface area contributed by atoms with Gasteiger partial charge in [-0.25, -0.2) is 4.98 Å². The van der Waals surface area contributed by atoms with Gasteiger partial charge in [-0.05, 0) is 67.1 Å². The van der Waals surface area contributed by atoms with Crippen molar-refractivity contribution in [1.82, 2.24) is 14.9 Å². The van der Waals surface area contributed by atoms with Crippen molar-refractivity contribution in [2.75, 3.05) is 34.5 Å². The second-order valence-corrected chi connectivity index (χ2v) is 10.2. The number of imidazole rings is 1. The van der Waals surface area contributed by atoms with Crippen LogP contribution in [0.2, 0.25) is 0 Å². The molecule has 1 amide bonds. The summed E-state index contributed by atoms with van der Waals surface area (Å²) in [4.78, 5) is 17.7. The number of ether oxygens (including phenoxy) is 4. The number of para-hydroxylation sites is 2. The first-order chi connectivity index (χ1) is 19.9. The molecule has 1 aromatic heterocycles. The third kappa shape index (κ3) is 7.51. The maximum atomic E-state index is 12.9. The molecule has 0 spiro atoms. The molecule has 8 heteroatoms. The maximum Gasteiger partial charge on any atom is 0.251 e. The topological polar surface area (TPSA) is 83.8 Å². The van der Waals surface area contributed by atoms with Crippen LogP contribution in [0.5, 0.6) is 23.0 Å². The molecule has 0 aliphatic carbocycles. The molecule has 4 aromatic rings. The predicted octanol–water partition coefficient (Wildman–Crippen LogP) is 6.41. The van der Waals surface area contributed by atoms with E-state index in [-0.39, 0.29) is 5.91 Å². The van der Waals surface area contributed by atoms with Gasteiger partial charge in [0.2, 0.25) is 5.75 Å². The molecule has 1 N–H and O–H groups in total. The number of amides is 1. The Morgan fingerprint density at radius 3 is 2.27 bits per heavy atom. The summed E-state index contributed by atoms with van der Waals surface area (Å²) in [5.74, 6) is 3.60. The third-order valence-electron chi connectivity index (χ3n) is 7.11. The Hall–Kier alpha value is -4.20. The first kappa shape index (κ1) is 29.8. The van der Waals surface area contributed by atoms with E-state index in [4.69, 9.17) is 23.9 Å². The van der Waals surface area contributed by atoms with Crippen LogP contribution in [0, 0.1) is 0 Å². The number of hydrogen-bond acceptors (Lipinski definition) is 6. The van der Waals surface area contributed by atoms with Crippen molar-refractivity contribution in [3.8, 4) is 23.0 Å². The standard InChI is InChI=1S/C33H41N3O5/c1-23(2)24-14-16-26(17-15-24)41-20-9-8-19-36-28-12-7-6-11-27(28)35-31(36)13-10-18-34-33(37)25-21-29(38-3)32(40-5)30(22-25)39-4/h6-7,11-12,14-17,21-23H,8-10,13,18-20H2,1-5H3,(H,34,37). The molecular weight excluding hydrogens is 518 g/mol. The van der Waals surface area contributed by atoms with Gasteiger partial charge >= 0.3 is 0 Å². The lowest BCUT2D eigenvalue weighted by atomic mass is 10.0. The predicted molar refractivity (Wildman–Crippen MR) is 162 cm³/mol. The van der Waals surface area contributed by atoms with Gasteiger partial charge in [0.1, 0.15) is 11.6 Å². The van der Waals surface area contributed by atoms with Crippen molar-refractivity contribution in [1.29, 1.82) is 0 Å². The lowest BCUT2D eigenvalue weighted by Gasteiger charge is -2.14. The highest BCUT2D eigenvalue weighted by Crippen LogP contribution is 2.38. The Morgan fingerprint density at radius 1 is 0.902 bits per heavy atom. The summed E-state index contributed by atoms with van der Waals surface area (Å²) in [6.45, 7) is 6.44. The van der Waals surface area contributed by atoms with Crippen LogP contribution in [0.25, 0.3) is 11.0 Å². The molecule has 1 heterocycles. The SMILES string of the molecule is COc1cc(C(=O)NCCCc2nc3ccccc3n2CCCCOc2ccc(C(C)C)cc2)cc(OC)c1OC. The van der Waals surface area contributed by atoms with Crippen LogP contribution in [0.1, 0.15) is 60.8 Å². The first-order valence-corrected chi connectivity index (χ1v) is 14.2. The van der Waals surface area contributed by atoms with Crippen LogP contribution in [-0.2, 0) is 13.0 Å². The zero-order valence-electron chi connectivity index (χ0n) is 24.7. The molecule has 41 heavy (non-hydrogen) atoms. The van der Waals surface area contributed by atoms with E-state index in [9.17, 15) is 4.79 Å². The number of benzene rings is 3. The van der Waals surface area contributed by atoms with E-state index < -0.39 is 0 Å². The van der Waals surface area contributed by atoms with Crippen molar-refractivity contribution in [3.05, 3.63) is 77.6 Å². The van der Waals surface area contributed by atoms with Crippen LogP contribution in [0.4, 0.5) is 0 Å². The highest BCUT2D eigenvalue weighted by atomic mass is 16.5. The summed E-state index contributed by atoms with van der Waals surface area (Å²) >= 11 is 0. The quantitative estimate of drug-likeness (QED) is 0.170. The number of hydrogen-bond donors (Lipinski definition) is 1. The highest BCUT2D eigenvalue weighted by Gasteiger charge is 2.17. The van der Waals surface area contributed by atoms with E-state index in [1.165, 1.54) is 26.9 Å². The molecule has 3 aromatic carbocycles. The molecule has 0 bridgehead atoms. The fourth-order valence-electron chi connectivity index (χ4n) is 4.84. The first-order valence-electron chi connectivity index (χ1n) is 14.2.